The molecule has 164 valence electrons. The van der Waals surface area contributed by atoms with Crippen molar-refractivity contribution in [3.63, 3.8) is 0 Å². The summed E-state index contributed by atoms with van der Waals surface area (Å²) in [6.07, 6.45) is 4.55. The first-order valence-corrected chi connectivity index (χ1v) is 10.8. The molecule has 0 radical (unpaired) electrons. The number of imidazole rings is 1. The third-order valence-corrected chi connectivity index (χ3v) is 5.60. The fraction of sp³-hybridized carbons (Fsp3) is 0.409. The fourth-order valence-electron chi connectivity index (χ4n) is 3.55. The van der Waals surface area contributed by atoms with Crippen molar-refractivity contribution in [2.75, 3.05) is 26.3 Å². The van der Waals surface area contributed by atoms with Crippen LogP contribution < -0.4 is 4.74 Å². The zero-order valence-electron chi connectivity index (χ0n) is 17.5. The van der Waals surface area contributed by atoms with Crippen molar-refractivity contribution in [3.05, 3.63) is 65.0 Å². The van der Waals surface area contributed by atoms with Crippen LogP contribution in [0.2, 0.25) is 5.02 Å². The highest BCUT2D eigenvalue weighted by Gasteiger charge is 2.27. The molecule has 1 aliphatic heterocycles. The number of nitrogens with zero attached hydrogens (tertiary/aromatic N) is 4. The van der Waals surface area contributed by atoms with E-state index < -0.39 is 0 Å². The van der Waals surface area contributed by atoms with Gasteiger partial charge in [0.1, 0.15) is 17.7 Å². The molecule has 0 saturated carbocycles. The smallest absolute Gasteiger partial charge is 0.224 e. The minimum atomic E-state index is -0.227. The van der Waals surface area contributed by atoms with Gasteiger partial charge in [-0.3, -0.25) is 9.89 Å². The maximum atomic E-state index is 12.7. The maximum absolute atomic E-state index is 12.7. The molecule has 31 heavy (non-hydrogen) atoms. The summed E-state index contributed by atoms with van der Waals surface area (Å²) in [5, 5.41) is 8.13. The summed E-state index contributed by atoms with van der Waals surface area (Å²) >= 11 is 5.89. The van der Waals surface area contributed by atoms with Crippen LogP contribution in [-0.4, -0.2) is 56.9 Å². The van der Waals surface area contributed by atoms with Crippen LogP contribution >= 0.6 is 11.6 Å². The van der Waals surface area contributed by atoms with E-state index in [0.29, 0.717) is 50.7 Å². The van der Waals surface area contributed by atoms with Crippen molar-refractivity contribution in [3.8, 4) is 5.75 Å². The number of ether oxygens (including phenoxy) is 2. The summed E-state index contributed by atoms with van der Waals surface area (Å²) in [5.41, 5.74) is 1.77. The minimum Gasteiger partial charge on any atom is -0.493 e. The van der Waals surface area contributed by atoms with Gasteiger partial charge in [0, 0.05) is 49.0 Å². The lowest BCUT2D eigenvalue weighted by molar-refractivity contribution is -0.139. The summed E-state index contributed by atoms with van der Waals surface area (Å²) in [6, 6.07) is 9.27. The number of carbonyl (C=O) groups excluding carboxylic acids is 1. The van der Waals surface area contributed by atoms with E-state index in [0.717, 1.165) is 23.0 Å². The maximum Gasteiger partial charge on any atom is 0.224 e. The van der Waals surface area contributed by atoms with Gasteiger partial charge in [0.05, 0.1) is 25.5 Å². The van der Waals surface area contributed by atoms with Crippen LogP contribution in [0.15, 0.2) is 42.7 Å². The van der Waals surface area contributed by atoms with Crippen molar-refractivity contribution in [2.24, 2.45) is 0 Å². The molecule has 1 N–H and O–H groups in total. The highest BCUT2D eigenvalue weighted by atomic mass is 35.5. The number of halogens is 1. The number of carbonyl (C=O) groups is 1. The van der Waals surface area contributed by atoms with Gasteiger partial charge in [0.25, 0.3) is 0 Å². The number of aromatic amines is 1. The van der Waals surface area contributed by atoms with Gasteiger partial charge in [-0.1, -0.05) is 11.6 Å². The van der Waals surface area contributed by atoms with E-state index in [1.165, 1.54) is 0 Å². The van der Waals surface area contributed by atoms with Crippen LogP contribution in [0.3, 0.4) is 0 Å². The molecular formula is C22H26ClN5O3. The molecule has 1 saturated heterocycles. The molecule has 1 atom stereocenters. The molecule has 0 spiro atoms. The Kier molecular flexibility index (Phi) is 6.89. The van der Waals surface area contributed by atoms with Gasteiger partial charge < -0.3 is 18.9 Å². The molecule has 4 rings (SSSR count). The topological polar surface area (TPSA) is 85.3 Å². The van der Waals surface area contributed by atoms with Crippen LogP contribution in [0.1, 0.15) is 29.7 Å². The molecule has 2 aromatic heterocycles. The predicted molar refractivity (Wildman–Crippen MR) is 116 cm³/mol. The van der Waals surface area contributed by atoms with Gasteiger partial charge in [0.15, 0.2) is 0 Å². The lowest BCUT2D eigenvalue weighted by atomic mass is 10.1. The number of aromatic nitrogens is 4. The molecule has 0 bridgehead atoms. The normalized spacial score (nSPS) is 16.5. The van der Waals surface area contributed by atoms with E-state index in [1.54, 1.807) is 18.3 Å². The average molecular weight is 444 g/mol. The van der Waals surface area contributed by atoms with E-state index in [2.05, 4.69) is 15.2 Å². The Morgan fingerprint density at radius 1 is 1.35 bits per heavy atom. The van der Waals surface area contributed by atoms with Gasteiger partial charge >= 0.3 is 0 Å². The second-order valence-corrected chi connectivity index (χ2v) is 7.92. The number of rotatable bonds is 8. The van der Waals surface area contributed by atoms with Gasteiger partial charge in [-0.15, -0.1) is 0 Å². The molecule has 1 aliphatic rings. The Morgan fingerprint density at radius 3 is 2.97 bits per heavy atom. The molecule has 3 heterocycles. The average Bonchev–Trinajstić information content (AvgIpc) is 3.42. The zero-order valence-corrected chi connectivity index (χ0v) is 18.2. The number of amides is 1. The number of aryl methyl sites for hydroxylation is 2. The molecule has 8 nitrogen and oxygen atoms in total. The summed E-state index contributed by atoms with van der Waals surface area (Å²) in [6.45, 7) is 4.70. The summed E-state index contributed by atoms with van der Waals surface area (Å²) in [5.74, 6) is 1.81. The van der Waals surface area contributed by atoms with Crippen molar-refractivity contribution < 1.29 is 14.3 Å². The number of hydrogen-bond donors (Lipinski definition) is 1. The largest absolute Gasteiger partial charge is 0.493 e. The molecule has 1 amide bonds. The SMILES string of the molecule is Cc1nccn1CCC(=O)N1CCOC(c2cc(CCOc3ccc(Cl)cc3)[nH]n2)C1. The van der Waals surface area contributed by atoms with E-state index in [9.17, 15) is 4.79 Å². The number of H-pyrrole nitrogens is 1. The van der Waals surface area contributed by atoms with Gasteiger partial charge in [-0.05, 0) is 37.3 Å². The van der Waals surface area contributed by atoms with E-state index in [1.807, 2.05) is 40.8 Å². The van der Waals surface area contributed by atoms with Crippen molar-refractivity contribution >= 4 is 17.5 Å². The predicted octanol–water partition coefficient (Wildman–Crippen LogP) is 3.18. The Bertz CT molecular complexity index is 1000. The zero-order chi connectivity index (χ0) is 21.6. The van der Waals surface area contributed by atoms with Gasteiger partial charge in [0.2, 0.25) is 5.91 Å². The van der Waals surface area contributed by atoms with Crippen molar-refractivity contribution in [2.45, 2.75) is 32.4 Å². The first-order valence-electron chi connectivity index (χ1n) is 10.4. The quantitative estimate of drug-likeness (QED) is 0.578. The summed E-state index contributed by atoms with van der Waals surface area (Å²) in [7, 11) is 0. The highest BCUT2D eigenvalue weighted by Crippen LogP contribution is 2.22. The number of hydrogen-bond acceptors (Lipinski definition) is 5. The number of benzene rings is 1. The molecule has 0 aliphatic carbocycles. The Labute approximate surface area is 186 Å². The van der Waals surface area contributed by atoms with Gasteiger partial charge in [-0.25, -0.2) is 4.98 Å². The molecule has 9 heteroatoms. The summed E-state index contributed by atoms with van der Waals surface area (Å²) < 4.78 is 13.6. The second kappa shape index (κ2) is 9.98. The molecule has 1 aromatic carbocycles. The Hall–Kier alpha value is -2.84. The molecule has 1 unspecified atom stereocenters. The lowest BCUT2D eigenvalue weighted by Gasteiger charge is -2.32. The van der Waals surface area contributed by atoms with Crippen LogP contribution in [0.25, 0.3) is 0 Å². The fourth-order valence-corrected chi connectivity index (χ4v) is 3.68. The number of nitrogens with one attached hydrogen (secondary N) is 1. The Morgan fingerprint density at radius 2 is 2.19 bits per heavy atom. The van der Waals surface area contributed by atoms with E-state index >= 15 is 0 Å². The minimum absolute atomic E-state index is 0.119. The number of morpholine rings is 1. The first-order chi connectivity index (χ1) is 15.1. The van der Waals surface area contributed by atoms with E-state index in [-0.39, 0.29) is 12.0 Å². The second-order valence-electron chi connectivity index (χ2n) is 7.49. The molecule has 1 fully saturated rings. The third-order valence-electron chi connectivity index (χ3n) is 5.34. The van der Waals surface area contributed by atoms with E-state index in [4.69, 9.17) is 21.1 Å². The molecular weight excluding hydrogens is 418 g/mol. The van der Waals surface area contributed by atoms with Crippen LogP contribution in [0.4, 0.5) is 0 Å². The molecule has 3 aromatic rings. The van der Waals surface area contributed by atoms with Crippen LogP contribution in [-0.2, 0) is 22.5 Å². The van der Waals surface area contributed by atoms with Crippen LogP contribution in [0, 0.1) is 6.92 Å². The standard InChI is InChI=1S/C22H26ClN5O3/c1-16-24-8-10-27(16)9-6-22(29)28-11-13-31-21(15-28)20-14-18(25-26-20)7-12-30-19-4-2-17(23)3-5-19/h2-5,8,10,14,21H,6-7,9,11-13,15H2,1H3,(H,25,26). The first kappa shape index (κ1) is 21.4. The highest BCUT2D eigenvalue weighted by molar-refractivity contribution is 6.30. The lowest BCUT2D eigenvalue weighted by Crippen LogP contribution is -2.42. The van der Waals surface area contributed by atoms with Gasteiger partial charge in [-0.2, -0.15) is 5.10 Å². The Balaban J connectivity index is 1.26. The van der Waals surface area contributed by atoms with Crippen molar-refractivity contribution in [1.82, 2.24) is 24.6 Å². The third kappa shape index (κ3) is 5.65. The van der Waals surface area contributed by atoms with Crippen molar-refractivity contribution in [1.29, 1.82) is 0 Å². The monoisotopic (exact) mass is 443 g/mol. The summed E-state index contributed by atoms with van der Waals surface area (Å²) in [4.78, 5) is 18.7. The van der Waals surface area contributed by atoms with Crippen LogP contribution in [0.5, 0.6) is 5.75 Å².